The van der Waals surface area contributed by atoms with E-state index in [0.717, 1.165) is 49.1 Å². The topological polar surface area (TPSA) is 66.9 Å². The van der Waals surface area contributed by atoms with Crippen LogP contribution in [0.1, 0.15) is 5.82 Å². The third-order valence-corrected chi connectivity index (χ3v) is 2.70. The minimum atomic E-state index is 0. The highest BCUT2D eigenvalue weighted by atomic mass is 35.5. The van der Waals surface area contributed by atoms with Gasteiger partial charge in [0, 0.05) is 13.1 Å². The van der Waals surface area contributed by atoms with Crippen LogP contribution in [0.4, 0.5) is 5.82 Å². The average Bonchev–Trinajstić information content (AvgIpc) is 2.70. The van der Waals surface area contributed by atoms with E-state index < -0.39 is 0 Å². The highest BCUT2D eigenvalue weighted by Crippen LogP contribution is 2.21. The normalized spacial score (nSPS) is 15.9. The molecule has 3 heterocycles. The Morgan fingerprint density at radius 2 is 2.06 bits per heavy atom. The zero-order chi connectivity index (χ0) is 11.0. The standard InChI is InChI=1S/C10H13N5O.ClH/c1-7-13-8-9(14-7)11-6-12-10(8)15-2-4-16-5-3-15;/h6H,2-5H2,1H3,(H,11,12,13,14);1H. The molecule has 0 spiro atoms. The van der Waals surface area contributed by atoms with E-state index in [0.29, 0.717) is 0 Å². The number of aromatic amines is 1. The summed E-state index contributed by atoms with van der Waals surface area (Å²) in [6.45, 7) is 5.15. The fourth-order valence-corrected chi connectivity index (χ4v) is 1.95. The monoisotopic (exact) mass is 255 g/mol. The fraction of sp³-hybridized carbons (Fsp3) is 0.500. The molecule has 0 aliphatic carbocycles. The molecule has 17 heavy (non-hydrogen) atoms. The molecule has 1 fully saturated rings. The first-order valence-corrected chi connectivity index (χ1v) is 5.34. The van der Waals surface area contributed by atoms with Gasteiger partial charge in [-0.1, -0.05) is 0 Å². The lowest BCUT2D eigenvalue weighted by Crippen LogP contribution is -2.36. The molecule has 1 saturated heterocycles. The van der Waals surface area contributed by atoms with E-state index in [4.69, 9.17) is 4.74 Å². The SMILES string of the molecule is Cc1nc2ncnc(N3CCOCC3)c2[nH]1.Cl. The van der Waals surface area contributed by atoms with Crippen LogP contribution >= 0.6 is 12.4 Å². The number of anilines is 1. The Morgan fingerprint density at radius 3 is 2.82 bits per heavy atom. The second-order valence-electron chi connectivity index (χ2n) is 3.82. The molecule has 1 N–H and O–H groups in total. The molecule has 0 atom stereocenters. The number of halogens is 1. The van der Waals surface area contributed by atoms with Crippen LogP contribution in [0.5, 0.6) is 0 Å². The largest absolute Gasteiger partial charge is 0.378 e. The maximum Gasteiger partial charge on any atom is 0.183 e. The van der Waals surface area contributed by atoms with Gasteiger partial charge in [-0.15, -0.1) is 12.4 Å². The van der Waals surface area contributed by atoms with E-state index >= 15 is 0 Å². The Kier molecular flexibility index (Phi) is 3.44. The number of rotatable bonds is 1. The number of hydrogen-bond acceptors (Lipinski definition) is 5. The van der Waals surface area contributed by atoms with Crippen LogP contribution in [-0.4, -0.2) is 46.2 Å². The zero-order valence-corrected chi connectivity index (χ0v) is 10.3. The number of nitrogens with zero attached hydrogens (tertiary/aromatic N) is 4. The molecule has 92 valence electrons. The third kappa shape index (κ3) is 2.18. The quantitative estimate of drug-likeness (QED) is 0.821. The van der Waals surface area contributed by atoms with Gasteiger partial charge in [0.2, 0.25) is 0 Å². The van der Waals surface area contributed by atoms with E-state index in [1.807, 2.05) is 6.92 Å². The molecule has 0 aromatic carbocycles. The first-order chi connectivity index (χ1) is 7.84. The van der Waals surface area contributed by atoms with Crippen LogP contribution in [0.15, 0.2) is 6.33 Å². The Labute approximate surface area is 105 Å². The van der Waals surface area contributed by atoms with E-state index in [1.165, 1.54) is 0 Å². The summed E-state index contributed by atoms with van der Waals surface area (Å²) < 4.78 is 5.33. The summed E-state index contributed by atoms with van der Waals surface area (Å²) in [5.74, 6) is 1.79. The van der Waals surface area contributed by atoms with Crippen LogP contribution in [-0.2, 0) is 4.74 Å². The minimum absolute atomic E-state index is 0. The van der Waals surface area contributed by atoms with Crippen molar-refractivity contribution in [3.63, 3.8) is 0 Å². The maximum atomic E-state index is 5.33. The van der Waals surface area contributed by atoms with E-state index in [2.05, 4.69) is 24.8 Å². The average molecular weight is 256 g/mol. The third-order valence-electron chi connectivity index (χ3n) is 2.70. The van der Waals surface area contributed by atoms with Gasteiger partial charge >= 0.3 is 0 Å². The summed E-state index contributed by atoms with van der Waals surface area (Å²) in [7, 11) is 0. The Bertz CT molecular complexity index is 508. The number of hydrogen-bond donors (Lipinski definition) is 1. The summed E-state index contributed by atoms with van der Waals surface area (Å²) >= 11 is 0. The van der Waals surface area contributed by atoms with Crippen molar-refractivity contribution in [2.45, 2.75) is 6.92 Å². The van der Waals surface area contributed by atoms with E-state index in [9.17, 15) is 0 Å². The van der Waals surface area contributed by atoms with Gasteiger partial charge in [-0.25, -0.2) is 15.0 Å². The van der Waals surface area contributed by atoms with Crippen molar-refractivity contribution >= 4 is 29.4 Å². The van der Waals surface area contributed by atoms with Crippen LogP contribution in [0.25, 0.3) is 11.2 Å². The van der Waals surface area contributed by atoms with Crippen molar-refractivity contribution in [1.82, 2.24) is 19.9 Å². The molecule has 2 aromatic rings. The number of H-pyrrole nitrogens is 1. The summed E-state index contributed by atoms with van der Waals surface area (Å²) in [6, 6.07) is 0. The van der Waals surface area contributed by atoms with Gasteiger partial charge in [-0.2, -0.15) is 0 Å². The van der Waals surface area contributed by atoms with E-state index in [1.54, 1.807) is 6.33 Å². The van der Waals surface area contributed by atoms with E-state index in [-0.39, 0.29) is 12.4 Å². The number of nitrogens with one attached hydrogen (secondary N) is 1. The van der Waals surface area contributed by atoms with Crippen molar-refractivity contribution in [1.29, 1.82) is 0 Å². The number of aryl methyl sites for hydroxylation is 1. The minimum Gasteiger partial charge on any atom is -0.378 e. The molecule has 0 radical (unpaired) electrons. The molecule has 0 unspecified atom stereocenters. The van der Waals surface area contributed by atoms with Crippen LogP contribution in [0.3, 0.4) is 0 Å². The van der Waals surface area contributed by atoms with Gasteiger partial charge in [-0.3, -0.25) is 0 Å². The molecule has 6 nitrogen and oxygen atoms in total. The number of fused-ring (bicyclic) bond motifs is 1. The summed E-state index contributed by atoms with van der Waals surface area (Å²) in [5, 5.41) is 0. The van der Waals surface area contributed by atoms with Crippen LogP contribution < -0.4 is 4.90 Å². The van der Waals surface area contributed by atoms with Gasteiger partial charge in [-0.05, 0) is 6.92 Å². The molecule has 2 aromatic heterocycles. The van der Waals surface area contributed by atoms with Gasteiger partial charge in [0.15, 0.2) is 11.5 Å². The molecule has 3 rings (SSSR count). The predicted molar refractivity (Wildman–Crippen MR) is 66.7 cm³/mol. The first kappa shape index (κ1) is 12.1. The molecule has 1 aliphatic heterocycles. The van der Waals surface area contributed by atoms with Crippen molar-refractivity contribution in [2.75, 3.05) is 31.2 Å². The smallest absolute Gasteiger partial charge is 0.183 e. The Hall–Kier alpha value is -1.40. The molecule has 7 heteroatoms. The first-order valence-electron chi connectivity index (χ1n) is 5.34. The van der Waals surface area contributed by atoms with Gasteiger partial charge in [0.25, 0.3) is 0 Å². The summed E-state index contributed by atoms with van der Waals surface area (Å²) in [4.78, 5) is 18.2. The maximum absolute atomic E-state index is 5.33. The van der Waals surface area contributed by atoms with Crippen molar-refractivity contribution < 1.29 is 4.74 Å². The number of ether oxygens (including phenoxy) is 1. The second kappa shape index (κ2) is 4.85. The predicted octanol–water partition coefficient (Wildman–Crippen LogP) is 0.920. The molecule has 1 aliphatic rings. The Morgan fingerprint density at radius 1 is 1.29 bits per heavy atom. The lowest BCUT2D eigenvalue weighted by atomic mass is 10.4. The van der Waals surface area contributed by atoms with Crippen LogP contribution in [0, 0.1) is 6.92 Å². The molecule has 0 amide bonds. The van der Waals surface area contributed by atoms with Gasteiger partial charge in [0.05, 0.1) is 13.2 Å². The van der Waals surface area contributed by atoms with Crippen molar-refractivity contribution in [2.24, 2.45) is 0 Å². The number of imidazole rings is 1. The lowest BCUT2D eigenvalue weighted by Gasteiger charge is -2.27. The zero-order valence-electron chi connectivity index (χ0n) is 9.51. The highest BCUT2D eigenvalue weighted by molar-refractivity contribution is 5.85. The Balaban J connectivity index is 0.00000108. The summed E-state index contributed by atoms with van der Waals surface area (Å²) in [6.07, 6.45) is 1.56. The molecule has 0 bridgehead atoms. The summed E-state index contributed by atoms with van der Waals surface area (Å²) in [5.41, 5.74) is 1.65. The molecular formula is C10H14ClN5O. The number of aromatic nitrogens is 4. The molecular weight excluding hydrogens is 242 g/mol. The number of morpholine rings is 1. The lowest BCUT2D eigenvalue weighted by molar-refractivity contribution is 0.122. The van der Waals surface area contributed by atoms with Gasteiger partial charge in [0.1, 0.15) is 17.7 Å². The second-order valence-corrected chi connectivity index (χ2v) is 3.82. The fourth-order valence-electron chi connectivity index (χ4n) is 1.95. The molecule has 0 saturated carbocycles. The highest BCUT2D eigenvalue weighted by Gasteiger charge is 2.17. The van der Waals surface area contributed by atoms with Crippen molar-refractivity contribution in [3.05, 3.63) is 12.2 Å². The van der Waals surface area contributed by atoms with Crippen LogP contribution in [0.2, 0.25) is 0 Å². The van der Waals surface area contributed by atoms with Gasteiger partial charge < -0.3 is 14.6 Å². The van der Waals surface area contributed by atoms with Crippen molar-refractivity contribution in [3.8, 4) is 0 Å².